The van der Waals surface area contributed by atoms with E-state index in [2.05, 4.69) is 50.2 Å². The summed E-state index contributed by atoms with van der Waals surface area (Å²) in [7, 11) is 1.73. The van der Waals surface area contributed by atoms with Gasteiger partial charge in [0, 0.05) is 31.1 Å². The minimum atomic E-state index is -0.261. The highest BCUT2D eigenvalue weighted by Crippen LogP contribution is 2.25. The molecule has 8 heteroatoms. The molecule has 0 saturated heterocycles. The van der Waals surface area contributed by atoms with E-state index < -0.39 is 0 Å². The molecular formula is C24H25N5O2S. The van der Waals surface area contributed by atoms with Crippen LogP contribution in [-0.4, -0.2) is 39.5 Å². The smallest absolute Gasteiger partial charge is 0.326 e. The Balaban J connectivity index is 1.48. The lowest BCUT2D eigenvalue weighted by molar-refractivity contribution is 0.0768. The Hall–Kier alpha value is -3.36. The number of aromatic nitrogens is 3. The number of rotatable bonds is 7. The normalized spacial score (nSPS) is 12.0. The average Bonchev–Trinajstić information content (AvgIpc) is 3.29. The molecule has 32 heavy (non-hydrogen) atoms. The molecule has 2 aromatic carbocycles. The van der Waals surface area contributed by atoms with Gasteiger partial charge in [0.1, 0.15) is 11.0 Å². The van der Waals surface area contributed by atoms with Crippen LogP contribution in [0.3, 0.4) is 0 Å². The van der Waals surface area contributed by atoms with Gasteiger partial charge >= 0.3 is 6.03 Å². The van der Waals surface area contributed by atoms with Gasteiger partial charge in [-0.1, -0.05) is 30.3 Å². The number of hydrogen-bond donors (Lipinski definition) is 1. The van der Waals surface area contributed by atoms with Gasteiger partial charge < -0.3 is 10.1 Å². The predicted octanol–water partition coefficient (Wildman–Crippen LogP) is 5.39. The van der Waals surface area contributed by atoms with Gasteiger partial charge in [0.05, 0.1) is 29.2 Å². The van der Waals surface area contributed by atoms with E-state index in [9.17, 15) is 4.79 Å². The summed E-state index contributed by atoms with van der Waals surface area (Å²) in [5.74, 6) is 0. The molecule has 4 rings (SSSR count). The van der Waals surface area contributed by atoms with Crippen LogP contribution in [-0.2, 0) is 11.2 Å². The molecule has 0 spiro atoms. The predicted molar refractivity (Wildman–Crippen MR) is 129 cm³/mol. The standard InChI is InChI=1S/C24H25N5O2S/c1-4-31-16(2)14-17-8-10-18(11-9-17)22-15-19(12-13-25-22)29(3)24(30)26-20-6-5-7-21-23(20)28-32-27-21/h5-13,15-16H,4,14H2,1-3H3,(H,26,30)/t16-/m0/s1. The highest BCUT2D eigenvalue weighted by atomic mass is 32.1. The van der Waals surface area contributed by atoms with E-state index in [1.165, 1.54) is 5.56 Å². The van der Waals surface area contributed by atoms with Crippen LogP contribution in [0.4, 0.5) is 16.2 Å². The third-order valence-electron chi connectivity index (χ3n) is 5.19. The van der Waals surface area contributed by atoms with Crippen LogP contribution >= 0.6 is 11.7 Å². The van der Waals surface area contributed by atoms with Gasteiger partial charge in [-0.3, -0.25) is 9.88 Å². The maximum atomic E-state index is 12.9. The van der Waals surface area contributed by atoms with E-state index >= 15 is 0 Å². The zero-order valence-corrected chi connectivity index (χ0v) is 19.1. The molecule has 7 nitrogen and oxygen atoms in total. The summed E-state index contributed by atoms with van der Waals surface area (Å²) >= 11 is 1.12. The van der Waals surface area contributed by atoms with Crippen molar-refractivity contribution in [3.8, 4) is 11.3 Å². The van der Waals surface area contributed by atoms with Crippen LogP contribution in [0, 0.1) is 0 Å². The van der Waals surface area contributed by atoms with E-state index in [-0.39, 0.29) is 12.1 Å². The number of anilines is 2. The van der Waals surface area contributed by atoms with Crippen LogP contribution in [0.15, 0.2) is 60.8 Å². The highest BCUT2D eigenvalue weighted by Gasteiger charge is 2.15. The minimum Gasteiger partial charge on any atom is -0.378 e. The Morgan fingerprint density at radius 2 is 1.97 bits per heavy atom. The van der Waals surface area contributed by atoms with Gasteiger partial charge in [0.2, 0.25) is 0 Å². The van der Waals surface area contributed by atoms with Crippen molar-refractivity contribution in [1.82, 2.24) is 13.7 Å². The summed E-state index contributed by atoms with van der Waals surface area (Å²) in [4.78, 5) is 18.9. The van der Waals surface area contributed by atoms with Crippen molar-refractivity contribution in [2.75, 3.05) is 23.9 Å². The highest BCUT2D eigenvalue weighted by molar-refractivity contribution is 7.00. The lowest BCUT2D eigenvalue weighted by atomic mass is 10.0. The topological polar surface area (TPSA) is 80.2 Å². The first kappa shape index (κ1) is 21.9. The number of hydrogen-bond acceptors (Lipinski definition) is 6. The molecule has 1 atom stereocenters. The Kier molecular flexibility index (Phi) is 6.72. The van der Waals surface area contributed by atoms with Gasteiger partial charge in [-0.25, -0.2) is 4.79 Å². The molecule has 0 aliphatic heterocycles. The largest absolute Gasteiger partial charge is 0.378 e. The number of urea groups is 1. The molecule has 0 aliphatic carbocycles. The number of nitrogens with one attached hydrogen (secondary N) is 1. The number of nitrogens with zero attached hydrogens (tertiary/aromatic N) is 4. The van der Waals surface area contributed by atoms with Crippen LogP contribution in [0.25, 0.3) is 22.3 Å². The summed E-state index contributed by atoms with van der Waals surface area (Å²) < 4.78 is 14.1. The van der Waals surface area contributed by atoms with E-state index in [4.69, 9.17) is 4.74 Å². The molecule has 0 aliphatic rings. The Bertz CT molecular complexity index is 1210. The molecule has 0 unspecified atom stereocenters. The van der Waals surface area contributed by atoms with Gasteiger partial charge in [-0.2, -0.15) is 8.75 Å². The first-order valence-electron chi connectivity index (χ1n) is 10.5. The van der Waals surface area contributed by atoms with Crippen LogP contribution in [0.1, 0.15) is 19.4 Å². The molecule has 0 fully saturated rings. The first-order chi connectivity index (χ1) is 15.5. The number of fused-ring (bicyclic) bond motifs is 1. The SMILES string of the molecule is CCO[C@@H](C)Cc1ccc(-c2cc(N(C)C(=O)Nc3cccc4nsnc34)ccn2)cc1. The lowest BCUT2D eigenvalue weighted by Gasteiger charge is -2.19. The molecule has 2 heterocycles. The fourth-order valence-corrected chi connectivity index (χ4v) is 4.05. The summed E-state index contributed by atoms with van der Waals surface area (Å²) in [6.07, 6.45) is 2.77. The van der Waals surface area contributed by atoms with Gasteiger partial charge in [-0.05, 0) is 50.1 Å². The maximum Gasteiger partial charge on any atom is 0.326 e. The lowest BCUT2D eigenvalue weighted by Crippen LogP contribution is -2.31. The van der Waals surface area contributed by atoms with Crippen molar-refractivity contribution >= 4 is 40.2 Å². The molecule has 4 aromatic rings. The second-order valence-corrected chi connectivity index (χ2v) is 8.02. The van der Waals surface area contributed by atoms with Crippen LogP contribution in [0.5, 0.6) is 0 Å². The van der Waals surface area contributed by atoms with Crippen LogP contribution < -0.4 is 10.2 Å². The molecule has 2 aromatic heterocycles. The fourth-order valence-electron chi connectivity index (χ4n) is 3.50. The molecule has 164 valence electrons. The number of benzene rings is 2. The summed E-state index contributed by atoms with van der Waals surface area (Å²) in [6.45, 7) is 4.80. The van der Waals surface area contributed by atoms with Crippen molar-refractivity contribution < 1.29 is 9.53 Å². The third kappa shape index (κ3) is 4.92. The number of amides is 2. The monoisotopic (exact) mass is 447 g/mol. The number of carbonyl (C=O) groups excluding carboxylic acids is 1. The second kappa shape index (κ2) is 9.84. The zero-order valence-electron chi connectivity index (χ0n) is 18.3. The Labute approximate surface area is 191 Å². The Morgan fingerprint density at radius 1 is 1.16 bits per heavy atom. The van der Waals surface area contributed by atoms with Gasteiger partial charge in [0.15, 0.2) is 0 Å². The van der Waals surface area contributed by atoms with Crippen molar-refractivity contribution in [2.24, 2.45) is 0 Å². The summed E-state index contributed by atoms with van der Waals surface area (Å²) in [5.41, 5.74) is 5.84. The summed E-state index contributed by atoms with van der Waals surface area (Å²) in [5, 5.41) is 2.92. The average molecular weight is 448 g/mol. The maximum absolute atomic E-state index is 12.9. The van der Waals surface area contributed by atoms with Crippen molar-refractivity contribution in [3.63, 3.8) is 0 Å². The second-order valence-electron chi connectivity index (χ2n) is 7.49. The van der Waals surface area contributed by atoms with Crippen LogP contribution in [0.2, 0.25) is 0 Å². The quantitative estimate of drug-likeness (QED) is 0.411. The van der Waals surface area contributed by atoms with Gasteiger partial charge in [-0.15, -0.1) is 0 Å². The van der Waals surface area contributed by atoms with Gasteiger partial charge in [0.25, 0.3) is 0 Å². The van der Waals surface area contributed by atoms with Crippen molar-refractivity contribution in [3.05, 3.63) is 66.4 Å². The number of pyridine rings is 1. The Morgan fingerprint density at radius 3 is 2.75 bits per heavy atom. The molecular weight excluding hydrogens is 422 g/mol. The fraction of sp³-hybridized carbons (Fsp3) is 0.250. The zero-order chi connectivity index (χ0) is 22.5. The number of ether oxygens (including phenoxy) is 1. The molecule has 0 bridgehead atoms. The van der Waals surface area contributed by atoms with Crippen molar-refractivity contribution in [2.45, 2.75) is 26.4 Å². The number of carbonyl (C=O) groups is 1. The summed E-state index contributed by atoms with van der Waals surface area (Å²) in [6, 6.07) is 17.3. The van der Waals surface area contributed by atoms with Crippen molar-refractivity contribution in [1.29, 1.82) is 0 Å². The van der Waals surface area contributed by atoms with E-state index in [0.29, 0.717) is 17.8 Å². The molecule has 0 radical (unpaired) electrons. The van der Waals surface area contributed by atoms with E-state index in [1.807, 2.05) is 37.3 Å². The van der Waals surface area contributed by atoms with E-state index in [0.717, 1.165) is 40.6 Å². The third-order valence-corrected chi connectivity index (χ3v) is 5.73. The molecule has 1 N–H and O–H groups in total. The molecule has 2 amide bonds. The first-order valence-corrected chi connectivity index (χ1v) is 11.2. The van der Waals surface area contributed by atoms with E-state index in [1.54, 1.807) is 18.1 Å². The minimum absolute atomic E-state index is 0.186. The molecule has 0 saturated carbocycles.